The zero-order chi connectivity index (χ0) is 38.2. The highest BCUT2D eigenvalue weighted by molar-refractivity contribution is 6.36. The fourth-order valence-corrected chi connectivity index (χ4v) is 6.31. The van der Waals surface area contributed by atoms with E-state index in [9.17, 15) is 24.3 Å². The van der Waals surface area contributed by atoms with Crippen molar-refractivity contribution in [1.82, 2.24) is 25.6 Å². The molecule has 17 heteroatoms. The summed E-state index contributed by atoms with van der Waals surface area (Å²) in [6, 6.07) is 17.0. The number of amides is 5. The smallest absolute Gasteiger partial charge is 0.408 e. The van der Waals surface area contributed by atoms with Gasteiger partial charge in [-0.15, -0.1) is 0 Å². The Balaban J connectivity index is 0.000000236. The molecule has 5 N–H and O–H groups in total. The maximum Gasteiger partial charge on any atom is 0.408 e. The maximum atomic E-state index is 12.7. The van der Waals surface area contributed by atoms with Gasteiger partial charge in [-0.1, -0.05) is 58.5 Å². The zero-order valence-electron chi connectivity index (χ0n) is 29.0. The third-order valence-corrected chi connectivity index (χ3v) is 9.29. The van der Waals surface area contributed by atoms with E-state index < -0.39 is 17.7 Å². The van der Waals surface area contributed by atoms with Crippen LogP contribution in [0.25, 0.3) is 0 Å². The summed E-state index contributed by atoms with van der Waals surface area (Å²) in [6.45, 7) is 7.60. The van der Waals surface area contributed by atoms with Gasteiger partial charge < -0.3 is 21.5 Å². The van der Waals surface area contributed by atoms with Gasteiger partial charge in [0.15, 0.2) is 0 Å². The Labute approximate surface area is 323 Å². The lowest BCUT2D eigenvalue weighted by Gasteiger charge is -2.36. The molecule has 0 unspecified atom stereocenters. The van der Waals surface area contributed by atoms with Crippen molar-refractivity contribution in [2.75, 3.05) is 55.0 Å². The number of nitrogens with two attached hydrogens (primary N) is 1. The molecule has 13 nitrogen and oxygen atoms in total. The summed E-state index contributed by atoms with van der Waals surface area (Å²) in [5.74, 6) is -0.517. The standard InChI is InChI=1S/C19H21Cl2N5O2.C16H21Cl2N3O3/c20-14-4-7-16(21)17(10-14)25-8-1-9-26(25)18(27)12-24-19(28)23-11-13-2-5-15(22)6-3-13;1-16(2,3)19(15(23)24)10-14(22)21-8-4-7-20(21)13-9-11(17)5-6-12(13)18/h2-7,10H,1,8-9,11-12,22H2,(H2,23,24,28);5-6,9H,4,7-8,10H2,1-3H3,(H,23,24). The van der Waals surface area contributed by atoms with Gasteiger partial charge in [-0.3, -0.25) is 34.5 Å². The number of anilines is 3. The number of halogens is 4. The first-order valence-electron chi connectivity index (χ1n) is 16.5. The van der Waals surface area contributed by atoms with Crippen molar-refractivity contribution in [3.8, 4) is 0 Å². The molecule has 0 bridgehead atoms. The minimum atomic E-state index is -1.12. The summed E-state index contributed by atoms with van der Waals surface area (Å²) >= 11 is 24.6. The quantitative estimate of drug-likeness (QED) is 0.183. The summed E-state index contributed by atoms with van der Waals surface area (Å²) in [7, 11) is 0. The van der Waals surface area contributed by atoms with Gasteiger partial charge in [0.2, 0.25) is 0 Å². The Morgan fingerprint density at radius 2 is 1.25 bits per heavy atom. The highest BCUT2D eigenvalue weighted by Crippen LogP contribution is 2.33. The Hall–Kier alpha value is -4.30. The van der Waals surface area contributed by atoms with Crippen LogP contribution in [0, 0.1) is 0 Å². The van der Waals surface area contributed by atoms with E-state index in [1.807, 2.05) is 12.1 Å². The molecule has 52 heavy (non-hydrogen) atoms. The number of benzene rings is 3. The van der Waals surface area contributed by atoms with Crippen LogP contribution in [0.5, 0.6) is 0 Å². The lowest BCUT2D eigenvalue weighted by Crippen LogP contribution is -2.52. The molecular formula is C35H42Cl4N8O5. The average Bonchev–Trinajstić information content (AvgIpc) is 3.78. The number of carbonyl (C=O) groups is 4. The van der Waals surface area contributed by atoms with Crippen molar-refractivity contribution in [3.05, 3.63) is 86.3 Å². The van der Waals surface area contributed by atoms with Crippen LogP contribution in [0.15, 0.2) is 60.7 Å². The van der Waals surface area contributed by atoms with E-state index in [0.29, 0.717) is 69.9 Å². The zero-order valence-corrected chi connectivity index (χ0v) is 32.1. The average molecular weight is 797 g/mol. The molecule has 3 aromatic rings. The normalized spacial score (nSPS) is 14.1. The molecule has 2 heterocycles. The minimum absolute atomic E-state index is 0.123. The third-order valence-electron chi connectivity index (χ3n) is 8.18. The molecule has 2 aliphatic rings. The second-order valence-corrected chi connectivity index (χ2v) is 14.7. The van der Waals surface area contributed by atoms with E-state index in [2.05, 4.69) is 10.6 Å². The van der Waals surface area contributed by atoms with Gasteiger partial charge in [-0.05, 0) is 87.7 Å². The number of nitrogens with zero attached hydrogens (tertiary/aromatic N) is 5. The van der Waals surface area contributed by atoms with Gasteiger partial charge in [0, 0.05) is 54.0 Å². The number of carbonyl (C=O) groups excluding carboxylic acids is 3. The Bertz CT molecular complexity index is 1760. The highest BCUT2D eigenvalue weighted by atomic mass is 35.5. The molecule has 0 aliphatic carbocycles. The molecule has 3 aromatic carbocycles. The number of urea groups is 1. The first kappa shape index (κ1) is 40.5. The predicted octanol–water partition coefficient (Wildman–Crippen LogP) is 6.75. The van der Waals surface area contributed by atoms with Gasteiger partial charge in [0.05, 0.1) is 21.4 Å². The SMILES string of the molecule is CC(C)(C)N(CC(=O)N1CCCN1c1cc(Cl)ccc1Cl)C(=O)O.Nc1ccc(CNC(=O)NCC(=O)N2CCCN2c2cc(Cl)ccc2Cl)cc1. The molecule has 2 fully saturated rings. The Morgan fingerprint density at radius 1 is 0.750 bits per heavy atom. The lowest BCUT2D eigenvalue weighted by molar-refractivity contribution is -0.132. The molecule has 2 saturated heterocycles. The Morgan fingerprint density at radius 3 is 1.73 bits per heavy atom. The number of nitrogens with one attached hydrogen (secondary N) is 2. The molecule has 0 aromatic heterocycles. The van der Waals surface area contributed by atoms with E-state index in [-0.39, 0.29) is 24.9 Å². The van der Waals surface area contributed by atoms with Crippen molar-refractivity contribution in [2.45, 2.75) is 45.7 Å². The molecule has 0 spiro atoms. The van der Waals surface area contributed by atoms with Crippen LogP contribution in [-0.2, 0) is 16.1 Å². The van der Waals surface area contributed by atoms with Crippen LogP contribution in [0.2, 0.25) is 20.1 Å². The van der Waals surface area contributed by atoms with Crippen LogP contribution in [-0.4, -0.2) is 88.8 Å². The second kappa shape index (κ2) is 18.0. The number of nitrogen functional groups attached to an aromatic ring is 1. The van der Waals surface area contributed by atoms with Crippen molar-refractivity contribution in [1.29, 1.82) is 0 Å². The number of rotatable bonds is 8. The topological polar surface area (TPSA) is 155 Å². The fourth-order valence-electron chi connectivity index (χ4n) is 5.55. The van der Waals surface area contributed by atoms with Gasteiger partial charge in [-0.25, -0.2) is 9.59 Å². The Kier molecular flexibility index (Phi) is 14.0. The van der Waals surface area contributed by atoms with Crippen molar-refractivity contribution < 1.29 is 24.3 Å². The van der Waals surface area contributed by atoms with Crippen molar-refractivity contribution >= 4 is 87.4 Å². The molecule has 0 radical (unpaired) electrons. The largest absolute Gasteiger partial charge is 0.465 e. The number of hydrogen-bond acceptors (Lipinski definition) is 7. The maximum absolute atomic E-state index is 12.7. The first-order valence-corrected chi connectivity index (χ1v) is 18.0. The van der Waals surface area contributed by atoms with Crippen molar-refractivity contribution in [3.63, 3.8) is 0 Å². The monoisotopic (exact) mass is 794 g/mol. The lowest BCUT2D eigenvalue weighted by atomic mass is 10.1. The molecule has 280 valence electrons. The highest BCUT2D eigenvalue weighted by Gasteiger charge is 2.34. The van der Waals surface area contributed by atoms with Crippen LogP contribution in [0.4, 0.5) is 26.7 Å². The van der Waals surface area contributed by atoms with Gasteiger partial charge >= 0.3 is 12.1 Å². The first-order chi connectivity index (χ1) is 24.5. The summed E-state index contributed by atoms with van der Waals surface area (Å²) < 4.78 is 0. The van der Waals surface area contributed by atoms with E-state index in [1.165, 1.54) is 0 Å². The van der Waals surface area contributed by atoms with E-state index in [0.717, 1.165) is 23.3 Å². The molecule has 5 rings (SSSR count). The molecular weight excluding hydrogens is 754 g/mol. The summed E-state index contributed by atoms with van der Waals surface area (Å²) in [5, 5.41) is 23.4. The van der Waals surface area contributed by atoms with Crippen LogP contribution < -0.4 is 26.4 Å². The minimum Gasteiger partial charge on any atom is -0.465 e. The number of hydrazine groups is 2. The molecule has 5 amide bonds. The molecule has 0 saturated carbocycles. The van der Waals surface area contributed by atoms with E-state index in [4.69, 9.17) is 52.1 Å². The van der Waals surface area contributed by atoms with E-state index >= 15 is 0 Å². The van der Waals surface area contributed by atoms with Gasteiger partial charge in [-0.2, -0.15) is 0 Å². The second-order valence-electron chi connectivity index (χ2n) is 13.0. The molecule has 2 aliphatic heterocycles. The van der Waals surface area contributed by atoms with E-state index in [1.54, 1.807) is 89.3 Å². The summed E-state index contributed by atoms with van der Waals surface area (Å²) in [5.41, 5.74) is 7.86. The fraction of sp³-hybridized carbons (Fsp3) is 0.371. The predicted molar refractivity (Wildman–Crippen MR) is 206 cm³/mol. The number of carboxylic acid groups (broad SMARTS) is 1. The van der Waals surface area contributed by atoms with Gasteiger partial charge in [0.25, 0.3) is 11.8 Å². The van der Waals surface area contributed by atoms with Crippen molar-refractivity contribution in [2.24, 2.45) is 0 Å². The van der Waals surface area contributed by atoms with Crippen LogP contribution in [0.1, 0.15) is 39.2 Å². The summed E-state index contributed by atoms with van der Waals surface area (Å²) in [6.07, 6.45) is 0.456. The van der Waals surface area contributed by atoms with Crippen LogP contribution in [0.3, 0.4) is 0 Å². The molecule has 0 atom stereocenters. The summed E-state index contributed by atoms with van der Waals surface area (Å²) in [4.78, 5) is 49.8. The van der Waals surface area contributed by atoms with Gasteiger partial charge in [0.1, 0.15) is 13.1 Å². The number of hydrogen-bond donors (Lipinski definition) is 4. The third kappa shape index (κ3) is 10.9. The van der Waals surface area contributed by atoms with Crippen LogP contribution >= 0.6 is 46.4 Å².